The van der Waals surface area contributed by atoms with Crippen LogP contribution in [0.4, 0.5) is 0 Å². The van der Waals surface area contributed by atoms with Crippen molar-refractivity contribution in [3.8, 4) is 0 Å². The van der Waals surface area contributed by atoms with E-state index in [1.54, 1.807) is 0 Å². The largest absolute Gasteiger partial charge is 0.468 e. The van der Waals surface area contributed by atoms with Crippen molar-refractivity contribution in [3.05, 3.63) is 58.0 Å². The maximum absolute atomic E-state index is 5.66. The van der Waals surface area contributed by atoms with Crippen LogP contribution in [0.2, 0.25) is 0 Å². The topological polar surface area (TPSA) is 28.4 Å². The molecule has 1 aliphatic carbocycles. The highest BCUT2D eigenvalue weighted by Gasteiger charge is 2.20. The first-order valence-corrected chi connectivity index (χ1v) is 8.21. The number of hydrogen-bond donors (Lipinski definition) is 1. The zero-order valence-electron chi connectivity index (χ0n) is 12.3. The number of furan rings is 1. The van der Waals surface area contributed by atoms with Crippen molar-refractivity contribution >= 4 is 15.9 Å². The van der Waals surface area contributed by atoms with Gasteiger partial charge in [0.15, 0.2) is 0 Å². The van der Waals surface area contributed by atoms with E-state index in [9.17, 15) is 0 Å². The summed E-state index contributed by atoms with van der Waals surface area (Å²) < 4.78 is 6.78. The zero-order valence-corrected chi connectivity index (χ0v) is 13.9. The summed E-state index contributed by atoms with van der Waals surface area (Å²) in [5, 5.41) is 3.51. The Balaban J connectivity index is 1.50. The Bertz CT molecular complexity index is 592. The van der Waals surface area contributed by atoms with Gasteiger partial charge >= 0.3 is 0 Å². The van der Waals surface area contributed by atoms with Crippen LogP contribution in [0.3, 0.4) is 0 Å². The van der Waals surface area contributed by atoms with Gasteiger partial charge in [-0.2, -0.15) is 0 Å². The first kappa shape index (κ1) is 14.8. The number of nitrogens with zero attached hydrogens (tertiary/aromatic N) is 1. The smallest absolute Gasteiger partial charge is 0.118 e. The molecule has 1 saturated carbocycles. The molecule has 2 aromatic rings. The van der Waals surface area contributed by atoms with E-state index in [4.69, 9.17) is 4.42 Å². The number of hydrogen-bond acceptors (Lipinski definition) is 3. The highest BCUT2D eigenvalue weighted by Crippen LogP contribution is 2.20. The van der Waals surface area contributed by atoms with Crippen LogP contribution in [0, 0.1) is 0 Å². The molecule has 0 radical (unpaired) electrons. The number of benzene rings is 1. The molecule has 0 atom stereocenters. The molecule has 21 heavy (non-hydrogen) atoms. The van der Waals surface area contributed by atoms with Crippen molar-refractivity contribution in [1.29, 1.82) is 0 Å². The SMILES string of the molecule is CN(Cc1cccc(Br)c1)Cc1cc(CNC2CC2)co1. The molecule has 0 amide bonds. The van der Waals surface area contributed by atoms with Gasteiger partial charge in [-0.25, -0.2) is 0 Å². The van der Waals surface area contributed by atoms with Crippen LogP contribution in [0.1, 0.15) is 29.7 Å². The average molecular weight is 349 g/mol. The van der Waals surface area contributed by atoms with Crippen molar-refractivity contribution in [1.82, 2.24) is 10.2 Å². The summed E-state index contributed by atoms with van der Waals surface area (Å²) in [5.74, 6) is 1.03. The van der Waals surface area contributed by atoms with E-state index in [2.05, 4.69) is 63.5 Å². The predicted molar refractivity (Wildman–Crippen MR) is 87.9 cm³/mol. The van der Waals surface area contributed by atoms with Crippen molar-refractivity contribution in [2.45, 2.75) is 38.5 Å². The summed E-state index contributed by atoms with van der Waals surface area (Å²) in [7, 11) is 2.12. The highest BCUT2D eigenvalue weighted by atomic mass is 79.9. The van der Waals surface area contributed by atoms with Gasteiger partial charge in [0.25, 0.3) is 0 Å². The summed E-state index contributed by atoms with van der Waals surface area (Å²) >= 11 is 3.51. The second kappa shape index (κ2) is 6.77. The van der Waals surface area contributed by atoms with E-state index in [0.717, 1.165) is 35.9 Å². The zero-order chi connectivity index (χ0) is 14.7. The van der Waals surface area contributed by atoms with E-state index < -0.39 is 0 Å². The Morgan fingerprint density at radius 3 is 2.86 bits per heavy atom. The van der Waals surface area contributed by atoms with Gasteiger partial charge in [0, 0.05) is 29.2 Å². The van der Waals surface area contributed by atoms with Crippen LogP contribution < -0.4 is 5.32 Å². The van der Waals surface area contributed by atoms with Crippen LogP contribution in [0.15, 0.2) is 45.5 Å². The first-order chi connectivity index (χ1) is 10.2. The van der Waals surface area contributed by atoms with Gasteiger partial charge in [0.1, 0.15) is 5.76 Å². The van der Waals surface area contributed by atoms with Gasteiger partial charge in [-0.05, 0) is 43.7 Å². The van der Waals surface area contributed by atoms with Gasteiger partial charge in [0.2, 0.25) is 0 Å². The van der Waals surface area contributed by atoms with E-state index in [-0.39, 0.29) is 0 Å². The van der Waals surface area contributed by atoms with Crippen LogP contribution in [0.5, 0.6) is 0 Å². The highest BCUT2D eigenvalue weighted by molar-refractivity contribution is 9.10. The van der Waals surface area contributed by atoms with Crippen LogP contribution in [0.25, 0.3) is 0 Å². The molecule has 0 unspecified atom stereocenters. The van der Waals surface area contributed by atoms with Gasteiger partial charge < -0.3 is 9.73 Å². The van der Waals surface area contributed by atoms with Gasteiger partial charge in [-0.15, -0.1) is 0 Å². The molecule has 1 heterocycles. The fraction of sp³-hybridized carbons (Fsp3) is 0.412. The van der Waals surface area contributed by atoms with Crippen molar-refractivity contribution in [3.63, 3.8) is 0 Å². The average Bonchev–Trinajstić information content (AvgIpc) is 3.17. The van der Waals surface area contributed by atoms with E-state index in [1.807, 2.05) is 6.26 Å². The Kier molecular flexibility index (Phi) is 4.78. The molecular weight excluding hydrogens is 328 g/mol. The van der Waals surface area contributed by atoms with Crippen LogP contribution in [-0.4, -0.2) is 18.0 Å². The molecule has 1 aromatic heterocycles. The fourth-order valence-corrected chi connectivity index (χ4v) is 2.87. The van der Waals surface area contributed by atoms with Crippen molar-refractivity contribution in [2.24, 2.45) is 0 Å². The lowest BCUT2D eigenvalue weighted by atomic mass is 10.2. The lowest BCUT2D eigenvalue weighted by Gasteiger charge is -2.15. The Morgan fingerprint density at radius 1 is 1.24 bits per heavy atom. The summed E-state index contributed by atoms with van der Waals surface area (Å²) in [6.45, 7) is 2.66. The monoisotopic (exact) mass is 348 g/mol. The molecule has 4 heteroatoms. The molecule has 0 aliphatic heterocycles. The van der Waals surface area contributed by atoms with E-state index in [1.165, 1.54) is 24.0 Å². The van der Waals surface area contributed by atoms with Gasteiger partial charge in [-0.1, -0.05) is 28.1 Å². The molecule has 112 valence electrons. The molecule has 3 nitrogen and oxygen atoms in total. The maximum atomic E-state index is 5.66. The van der Waals surface area contributed by atoms with Gasteiger partial charge in [-0.3, -0.25) is 4.90 Å². The normalized spacial score (nSPS) is 14.8. The van der Waals surface area contributed by atoms with Crippen LogP contribution in [-0.2, 0) is 19.6 Å². The number of nitrogens with one attached hydrogen (secondary N) is 1. The standard InChI is InChI=1S/C17H21BrN2O/c1-20(10-13-3-2-4-15(18)7-13)11-17-8-14(12-21-17)9-19-16-5-6-16/h2-4,7-8,12,16,19H,5-6,9-11H2,1H3. The minimum Gasteiger partial charge on any atom is -0.468 e. The third kappa shape index (κ3) is 4.70. The minimum atomic E-state index is 0.738. The Morgan fingerprint density at radius 2 is 2.10 bits per heavy atom. The molecule has 1 fully saturated rings. The van der Waals surface area contributed by atoms with Gasteiger partial charge in [0.05, 0.1) is 12.8 Å². The quantitative estimate of drug-likeness (QED) is 0.821. The van der Waals surface area contributed by atoms with E-state index >= 15 is 0 Å². The third-order valence-electron chi connectivity index (χ3n) is 3.65. The van der Waals surface area contributed by atoms with Crippen molar-refractivity contribution < 1.29 is 4.42 Å². The van der Waals surface area contributed by atoms with E-state index in [0.29, 0.717) is 0 Å². The minimum absolute atomic E-state index is 0.738. The van der Waals surface area contributed by atoms with Crippen LogP contribution >= 0.6 is 15.9 Å². The summed E-state index contributed by atoms with van der Waals surface area (Å²) in [6, 6.07) is 11.3. The predicted octanol–water partition coefficient (Wildman–Crippen LogP) is 3.93. The molecule has 0 spiro atoms. The number of rotatable bonds is 7. The Labute approximate surface area is 134 Å². The molecule has 1 aromatic carbocycles. The molecule has 3 rings (SSSR count). The summed E-state index contributed by atoms with van der Waals surface area (Å²) in [4.78, 5) is 2.26. The second-order valence-corrected chi connectivity index (χ2v) is 6.79. The summed E-state index contributed by atoms with van der Waals surface area (Å²) in [6.07, 6.45) is 4.51. The maximum Gasteiger partial charge on any atom is 0.118 e. The lowest BCUT2D eigenvalue weighted by molar-refractivity contribution is 0.288. The molecule has 1 aliphatic rings. The first-order valence-electron chi connectivity index (χ1n) is 7.42. The molecule has 1 N–H and O–H groups in total. The fourth-order valence-electron chi connectivity index (χ4n) is 2.42. The second-order valence-electron chi connectivity index (χ2n) is 5.88. The molecule has 0 saturated heterocycles. The lowest BCUT2D eigenvalue weighted by Crippen LogP contribution is -2.17. The number of halogens is 1. The summed E-state index contributed by atoms with van der Waals surface area (Å²) in [5.41, 5.74) is 2.54. The molecule has 0 bridgehead atoms. The third-order valence-corrected chi connectivity index (χ3v) is 4.14. The Hall–Kier alpha value is -1.10. The van der Waals surface area contributed by atoms with Crippen molar-refractivity contribution in [2.75, 3.05) is 7.05 Å². The molecular formula is C17H21BrN2O.